The number of rotatable bonds is 5. The van der Waals surface area contributed by atoms with Gasteiger partial charge in [-0.3, -0.25) is 4.57 Å². The number of esters is 1. The molecule has 2 aromatic heterocycles. The molecule has 1 atom stereocenters. The molecule has 2 heterocycles. The molecular formula is C13H15Cl2N3O2. The van der Waals surface area contributed by atoms with Gasteiger partial charge in [0.05, 0.1) is 11.6 Å². The van der Waals surface area contributed by atoms with Crippen LogP contribution < -0.4 is 0 Å². The van der Waals surface area contributed by atoms with Crippen LogP contribution in [-0.2, 0) is 16.0 Å². The quantitative estimate of drug-likeness (QED) is 0.628. The average molecular weight is 316 g/mol. The standard InChI is InChI=1S/C13H15Cl2N3O2/c1-3-20-13(19)8(2)18-11(4-5-14)17-10-6-9(15)7-16-12(10)18/h6-8H,3-5H2,1-2H3. The highest BCUT2D eigenvalue weighted by Crippen LogP contribution is 2.23. The van der Waals surface area contributed by atoms with Crippen LogP contribution in [0.15, 0.2) is 12.3 Å². The van der Waals surface area contributed by atoms with Gasteiger partial charge in [0.2, 0.25) is 0 Å². The van der Waals surface area contributed by atoms with Crippen molar-refractivity contribution in [3.8, 4) is 0 Å². The average Bonchev–Trinajstić information content (AvgIpc) is 2.75. The molecule has 0 spiro atoms. The third-order valence-corrected chi connectivity index (χ3v) is 3.30. The van der Waals surface area contributed by atoms with Crippen molar-refractivity contribution < 1.29 is 9.53 Å². The predicted octanol–water partition coefficient (Wildman–Crippen LogP) is 2.99. The number of carbonyl (C=O) groups excluding carboxylic acids is 1. The Morgan fingerprint density at radius 1 is 1.55 bits per heavy atom. The minimum Gasteiger partial charge on any atom is -0.464 e. The molecule has 0 radical (unpaired) electrons. The smallest absolute Gasteiger partial charge is 0.328 e. The molecule has 20 heavy (non-hydrogen) atoms. The second-order valence-corrected chi connectivity index (χ2v) is 5.08. The number of halogens is 2. The summed E-state index contributed by atoms with van der Waals surface area (Å²) in [4.78, 5) is 20.7. The minimum atomic E-state index is -0.508. The SMILES string of the molecule is CCOC(=O)C(C)n1c(CCCl)nc2cc(Cl)cnc21. The first-order valence-corrected chi connectivity index (χ1v) is 7.24. The van der Waals surface area contributed by atoms with Crippen LogP contribution >= 0.6 is 23.2 Å². The molecule has 5 nitrogen and oxygen atoms in total. The largest absolute Gasteiger partial charge is 0.464 e. The van der Waals surface area contributed by atoms with E-state index >= 15 is 0 Å². The first-order valence-electron chi connectivity index (χ1n) is 6.33. The van der Waals surface area contributed by atoms with Gasteiger partial charge in [-0.1, -0.05) is 11.6 Å². The van der Waals surface area contributed by atoms with Crippen molar-refractivity contribution in [3.63, 3.8) is 0 Å². The lowest BCUT2D eigenvalue weighted by Gasteiger charge is -2.15. The van der Waals surface area contributed by atoms with Crippen molar-refractivity contribution in [2.45, 2.75) is 26.3 Å². The molecule has 0 aliphatic heterocycles. The zero-order valence-corrected chi connectivity index (χ0v) is 12.8. The van der Waals surface area contributed by atoms with Gasteiger partial charge in [-0.25, -0.2) is 14.8 Å². The monoisotopic (exact) mass is 315 g/mol. The lowest BCUT2D eigenvalue weighted by atomic mass is 10.3. The van der Waals surface area contributed by atoms with Gasteiger partial charge >= 0.3 is 5.97 Å². The molecule has 1 unspecified atom stereocenters. The van der Waals surface area contributed by atoms with E-state index in [1.807, 2.05) is 0 Å². The Hall–Kier alpha value is -1.33. The Morgan fingerprint density at radius 3 is 2.95 bits per heavy atom. The number of hydrogen-bond acceptors (Lipinski definition) is 4. The Morgan fingerprint density at radius 2 is 2.30 bits per heavy atom. The van der Waals surface area contributed by atoms with E-state index in [4.69, 9.17) is 27.9 Å². The summed E-state index contributed by atoms with van der Waals surface area (Å²) in [5, 5.41) is 0.503. The van der Waals surface area contributed by atoms with Crippen LogP contribution in [0.5, 0.6) is 0 Å². The summed E-state index contributed by atoms with van der Waals surface area (Å²) in [5.74, 6) is 0.789. The number of fused-ring (bicyclic) bond motifs is 1. The molecule has 7 heteroatoms. The highest BCUT2D eigenvalue weighted by atomic mass is 35.5. The van der Waals surface area contributed by atoms with E-state index < -0.39 is 6.04 Å². The number of ether oxygens (including phenoxy) is 1. The maximum absolute atomic E-state index is 12.0. The van der Waals surface area contributed by atoms with Crippen molar-refractivity contribution in [2.24, 2.45) is 0 Å². The number of aromatic nitrogens is 3. The van der Waals surface area contributed by atoms with Crippen molar-refractivity contribution in [2.75, 3.05) is 12.5 Å². The number of carbonyl (C=O) groups is 1. The maximum atomic E-state index is 12.0. The lowest BCUT2D eigenvalue weighted by Crippen LogP contribution is -2.21. The zero-order valence-electron chi connectivity index (χ0n) is 11.3. The van der Waals surface area contributed by atoms with Crippen LogP contribution in [0.2, 0.25) is 5.02 Å². The Bertz CT molecular complexity index is 627. The Kier molecular flexibility index (Phi) is 4.83. The third kappa shape index (κ3) is 2.88. The molecule has 0 N–H and O–H groups in total. The first kappa shape index (κ1) is 15.1. The van der Waals surface area contributed by atoms with E-state index in [9.17, 15) is 4.79 Å². The summed E-state index contributed by atoms with van der Waals surface area (Å²) in [6.45, 7) is 3.86. The van der Waals surface area contributed by atoms with E-state index in [-0.39, 0.29) is 5.97 Å². The van der Waals surface area contributed by atoms with E-state index in [2.05, 4.69) is 9.97 Å². The van der Waals surface area contributed by atoms with Crippen LogP contribution in [0.25, 0.3) is 11.2 Å². The van der Waals surface area contributed by atoms with E-state index in [0.717, 1.165) is 0 Å². The topological polar surface area (TPSA) is 57.0 Å². The number of nitrogens with zero attached hydrogens (tertiary/aromatic N) is 3. The fourth-order valence-electron chi connectivity index (χ4n) is 2.04. The molecule has 0 saturated carbocycles. The summed E-state index contributed by atoms with van der Waals surface area (Å²) < 4.78 is 6.81. The number of imidazole rings is 1. The van der Waals surface area contributed by atoms with Gasteiger partial charge < -0.3 is 4.74 Å². The van der Waals surface area contributed by atoms with Crippen molar-refractivity contribution in [3.05, 3.63) is 23.1 Å². The molecule has 0 amide bonds. The zero-order chi connectivity index (χ0) is 14.7. The number of aryl methyl sites for hydroxylation is 1. The van der Waals surface area contributed by atoms with Gasteiger partial charge in [0.25, 0.3) is 0 Å². The van der Waals surface area contributed by atoms with Gasteiger partial charge in [-0.05, 0) is 19.9 Å². The third-order valence-electron chi connectivity index (χ3n) is 2.90. The highest BCUT2D eigenvalue weighted by Gasteiger charge is 2.23. The van der Waals surface area contributed by atoms with E-state index in [1.54, 1.807) is 24.5 Å². The normalized spacial score (nSPS) is 12.6. The summed E-state index contributed by atoms with van der Waals surface area (Å²) in [6.07, 6.45) is 2.07. The number of alkyl halides is 1. The van der Waals surface area contributed by atoms with Gasteiger partial charge in [0, 0.05) is 18.5 Å². The molecule has 2 aromatic rings. The van der Waals surface area contributed by atoms with Crippen LogP contribution in [-0.4, -0.2) is 33.0 Å². The lowest BCUT2D eigenvalue weighted by molar-refractivity contribution is -0.146. The second kappa shape index (κ2) is 6.41. The number of pyridine rings is 1. The van der Waals surface area contributed by atoms with Gasteiger partial charge in [0.1, 0.15) is 17.4 Å². The van der Waals surface area contributed by atoms with E-state index in [0.29, 0.717) is 40.9 Å². The van der Waals surface area contributed by atoms with Crippen LogP contribution in [0.3, 0.4) is 0 Å². The molecule has 108 valence electrons. The second-order valence-electron chi connectivity index (χ2n) is 4.26. The van der Waals surface area contributed by atoms with Crippen molar-refractivity contribution in [1.82, 2.24) is 14.5 Å². The van der Waals surface area contributed by atoms with Gasteiger partial charge in [-0.15, -0.1) is 11.6 Å². The molecule has 0 saturated heterocycles. The summed E-state index contributed by atoms with van der Waals surface area (Å²) in [7, 11) is 0. The van der Waals surface area contributed by atoms with Crippen LogP contribution in [0.1, 0.15) is 25.7 Å². The Balaban J connectivity index is 2.53. The number of hydrogen-bond donors (Lipinski definition) is 0. The molecule has 0 bridgehead atoms. The fraction of sp³-hybridized carbons (Fsp3) is 0.462. The van der Waals surface area contributed by atoms with Crippen molar-refractivity contribution in [1.29, 1.82) is 0 Å². The van der Waals surface area contributed by atoms with Crippen LogP contribution in [0, 0.1) is 0 Å². The molecule has 0 aliphatic carbocycles. The molecule has 0 aliphatic rings. The minimum absolute atomic E-state index is 0.320. The molecule has 0 aromatic carbocycles. The molecular weight excluding hydrogens is 301 g/mol. The summed E-state index contributed by atoms with van der Waals surface area (Å²) in [5.41, 5.74) is 1.25. The summed E-state index contributed by atoms with van der Waals surface area (Å²) in [6, 6.07) is 1.21. The van der Waals surface area contributed by atoms with Crippen molar-refractivity contribution >= 4 is 40.3 Å². The van der Waals surface area contributed by atoms with Gasteiger partial charge in [0.15, 0.2) is 5.65 Å². The van der Waals surface area contributed by atoms with E-state index in [1.165, 1.54) is 6.20 Å². The highest BCUT2D eigenvalue weighted by molar-refractivity contribution is 6.31. The fourth-order valence-corrected chi connectivity index (χ4v) is 2.36. The van der Waals surface area contributed by atoms with Crippen LogP contribution in [0.4, 0.5) is 0 Å². The predicted molar refractivity (Wildman–Crippen MR) is 78.3 cm³/mol. The molecule has 0 fully saturated rings. The first-order chi connectivity index (χ1) is 9.58. The van der Waals surface area contributed by atoms with Gasteiger partial charge in [-0.2, -0.15) is 0 Å². The Labute approximate surface area is 126 Å². The maximum Gasteiger partial charge on any atom is 0.328 e. The summed E-state index contributed by atoms with van der Waals surface area (Å²) >= 11 is 11.7. The molecule has 2 rings (SSSR count).